The number of carbonyl (C=O) groups is 1. The zero-order valence-electron chi connectivity index (χ0n) is 6.70. The van der Waals surface area contributed by atoms with Crippen molar-refractivity contribution in [2.75, 3.05) is 0 Å². The first-order valence-corrected chi connectivity index (χ1v) is 3.19. The second-order valence-electron chi connectivity index (χ2n) is 2.41. The molecule has 0 aliphatic carbocycles. The smallest absolute Gasteiger partial charge is 0.330 e. The maximum atomic E-state index is 10.2. The molecule has 1 atom stereocenters. The van der Waals surface area contributed by atoms with Gasteiger partial charge < -0.3 is 10.8 Å². The molecular formula is C7H14ClNO2. The lowest BCUT2D eigenvalue weighted by molar-refractivity contribution is -0.132. The third-order valence-electron chi connectivity index (χ3n) is 1.13. The lowest BCUT2D eigenvalue weighted by atomic mass is 10.2. The van der Waals surface area contributed by atoms with E-state index in [1.807, 2.05) is 6.92 Å². The number of carboxylic acid groups (broad SMARTS) is 1. The van der Waals surface area contributed by atoms with Crippen LogP contribution >= 0.6 is 12.4 Å². The van der Waals surface area contributed by atoms with Gasteiger partial charge in [-0.05, 0) is 20.3 Å². The van der Waals surface area contributed by atoms with Gasteiger partial charge in [0.1, 0.15) is 0 Å². The molecule has 11 heavy (non-hydrogen) atoms. The van der Waals surface area contributed by atoms with Crippen LogP contribution in [0, 0.1) is 0 Å². The highest BCUT2D eigenvalue weighted by Crippen LogP contribution is 1.96. The van der Waals surface area contributed by atoms with E-state index in [2.05, 4.69) is 0 Å². The van der Waals surface area contributed by atoms with Crippen LogP contribution < -0.4 is 5.73 Å². The Morgan fingerprint density at radius 2 is 2.18 bits per heavy atom. The fourth-order valence-electron chi connectivity index (χ4n) is 0.450. The average Bonchev–Trinajstić information content (AvgIpc) is 1.82. The van der Waals surface area contributed by atoms with Crippen molar-refractivity contribution in [2.45, 2.75) is 26.3 Å². The SMILES string of the molecule is CC(=CCC(C)N)C(=O)O.Cl. The lowest BCUT2D eigenvalue weighted by Gasteiger charge is -1.98. The van der Waals surface area contributed by atoms with Gasteiger partial charge in [0.15, 0.2) is 0 Å². The number of rotatable bonds is 3. The molecule has 0 aliphatic rings. The van der Waals surface area contributed by atoms with Gasteiger partial charge in [-0.25, -0.2) is 4.79 Å². The van der Waals surface area contributed by atoms with Crippen LogP contribution in [0.4, 0.5) is 0 Å². The summed E-state index contributed by atoms with van der Waals surface area (Å²) in [6, 6.07) is 0.0364. The predicted molar refractivity (Wildman–Crippen MR) is 46.9 cm³/mol. The van der Waals surface area contributed by atoms with Gasteiger partial charge in [0.2, 0.25) is 0 Å². The van der Waals surface area contributed by atoms with Crippen LogP contribution in [0.5, 0.6) is 0 Å². The summed E-state index contributed by atoms with van der Waals surface area (Å²) in [6.45, 7) is 3.40. The number of aliphatic carboxylic acids is 1. The van der Waals surface area contributed by atoms with Gasteiger partial charge in [-0.3, -0.25) is 0 Å². The summed E-state index contributed by atoms with van der Waals surface area (Å²) in [5.41, 5.74) is 5.76. The number of hydrogen-bond donors (Lipinski definition) is 2. The van der Waals surface area contributed by atoms with E-state index < -0.39 is 5.97 Å². The minimum absolute atomic E-state index is 0. The van der Waals surface area contributed by atoms with Crippen molar-refractivity contribution >= 4 is 18.4 Å². The van der Waals surface area contributed by atoms with Gasteiger partial charge in [0.05, 0.1) is 0 Å². The molecule has 0 saturated heterocycles. The number of nitrogens with two attached hydrogens (primary N) is 1. The van der Waals surface area contributed by atoms with Crippen molar-refractivity contribution in [2.24, 2.45) is 5.73 Å². The van der Waals surface area contributed by atoms with Crippen LogP contribution in [-0.2, 0) is 4.79 Å². The maximum absolute atomic E-state index is 10.2. The Labute approximate surface area is 72.7 Å². The second-order valence-corrected chi connectivity index (χ2v) is 2.41. The molecule has 0 fully saturated rings. The van der Waals surface area contributed by atoms with Crippen LogP contribution in [-0.4, -0.2) is 17.1 Å². The van der Waals surface area contributed by atoms with Crippen LogP contribution in [0.2, 0.25) is 0 Å². The van der Waals surface area contributed by atoms with Crippen LogP contribution in [0.1, 0.15) is 20.3 Å². The quantitative estimate of drug-likeness (QED) is 0.640. The summed E-state index contributed by atoms with van der Waals surface area (Å²) in [5.74, 6) is -0.874. The molecule has 4 heteroatoms. The molecule has 0 bridgehead atoms. The van der Waals surface area contributed by atoms with E-state index in [4.69, 9.17) is 10.8 Å². The fourth-order valence-corrected chi connectivity index (χ4v) is 0.450. The van der Waals surface area contributed by atoms with Crippen LogP contribution in [0.15, 0.2) is 11.6 Å². The van der Waals surface area contributed by atoms with Crippen molar-refractivity contribution in [3.63, 3.8) is 0 Å². The third kappa shape index (κ3) is 7.36. The van der Waals surface area contributed by atoms with E-state index in [9.17, 15) is 4.79 Å². The molecule has 3 N–H and O–H groups in total. The Hall–Kier alpha value is -0.540. The molecule has 0 radical (unpaired) electrons. The summed E-state index contributed by atoms with van der Waals surface area (Å²) in [7, 11) is 0. The van der Waals surface area contributed by atoms with E-state index in [0.29, 0.717) is 12.0 Å². The van der Waals surface area contributed by atoms with Crippen LogP contribution in [0.3, 0.4) is 0 Å². The Morgan fingerprint density at radius 1 is 1.73 bits per heavy atom. The average molecular weight is 180 g/mol. The second kappa shape index (κ2) is 6.19. The molecule has 0 aliphatic heterocycles. The van der Waals surface area contributed by atoms with Gasteiger partial charge in [-0.15, -0.1) is 12.4 Å². The Morgan fingerprint density at radius 3 is 2.45 bits per heavy atom. The zero-order valence-corrected chi connectivity index (χ0v) is 7.52. The largest absolute Gasteiger partial charge is 0.478 e. The molecule has 0 heterocycles. The van der Waals surface area contributed by atoms with Gasteiger partial charge >= 0.3 is 5.97 Å². The molecule has 3 nitrogen and oxygen atoms in total. The fraction of sp³-hybridized carbons (Fsp3) is 0.571. The summed E-state index contributed by atoms with van der Waals surface area (Å²) in [4.78, 5) is 10.2. The van der Waals surface area contributed by atoms with Crippen molar-refractivity contribution in [3.05, 3.63) is 11.6 Å². The first kappa shape index (κ1) is 13.1. The number of halogens is 1. The van der Waals surface area contributed by atoms with Crippen molar-refractivity contribution < 1.29 is 9.90 Å². The topological polar surface area (TPSA) is 63.3 Å². The molecule has 0 aromatic rings. The van der Waals surface area contributed by atoms with E-state index in [1.54, 1.807) is 13.0 Å². The Bertz CT molecular complexity index is 155. The van der Waals surface area contributed by atoms with Crippen LogP contribution in [0.25, 0.3) is 0 Å². The number of carboxylic acids is 1. The molecule has 0 aromatic carbocycles. The Balaban J connectivity index is 0. The van der Waals surface area contributed by atoms with Crippen molar-refractivity contribution in [3.8, 4) is 0 Å². The van der Waals surface area contributed by atoms with E-state index in [1.165, 1.54) is 0 Å². The molecule has 0 amide bonds. The van der Waals surface area contributed by atoms with E-state index in [-0.39, 0.29) is 18.4 Å². The highest BCUT2D eigenvalue weighted by atomic mass is 35.5. The highest BCUT2D eigenvalue weighted by Gasteiger charge is 1.98. The highest BCUT2D eigenvalue weighted by molar-refractivity contribution is 5.85. The summed E-state index contributed by atoms with van der Waals surface area (Å²) in [6.07, 6.45) is 2.26. The Kier molecular flexibility index (Phi) is 7.36. The minimum Gasteiger partial charge on any atom is -0.478 e. The summed E-state index contributed by atoms with van der Waals surface area (Å²) >= 11 is 0. The predicted octanol–water partition coefficient (Wildman–Crippen LogP) is 1.18. The first-order valence-electron chi connectivity index (χ1n) is 3.19. The standard InChI is InChI=1S/C7H13NO2.ClH/c1-5(7(9)10)3-4-6(2)8;/h3,6H,4,8H2,1-2H3,(H,9,10);1H. The third-order valence-corrected chi connectivity index (χ3v) is 1.13. The molecule has 1 unspecified atom stereocenters. The normalized spacial score (nSPS) is 13.5. The molecule has 0 spiro atoms. The van der Waals surface area contributed by atoms with Gasteiger partial charge in [-0.2, -0.15) is 0 Å². The van der Waals surface area contributed by atoms with E-state index >= 15 is 0 Å². The first-order chi connectivity index (χ1) is 4.54. The molecule has 0 rings (SSSR count). The van der Waals surface area contributed by atoms with Gasteiger partial charge in [0.25, 0.3) is 0 Å². The summed E-state index contributed by atoms with van der Waals surface area (Å²) < 4.78 is 0. The van der Waals surface area contributed by atoms with Gasteiger partial charge in [0, 0.05) is 11.6 Å². The molecular weight excluding hydrogens is 166 g/mol. The van der Waals surface area contributed by atoms with E-state index in [0.717, 1.165) is 0 Å². The van der Waals surface area contributed by atoms with Crippen molar-refractivity contribution in [1.82, 2.24) is 0 Å². The monoisotopic (exact) mass is 179 g/mol. The minimum atomic E-state index is -0.874. The maximum Gasteiger partial charge on any atom is 0.330 e. The molecule has 0 aromatic heterocycles. The zero-order chi connectivity index (χ0) is 8.15. The summed E-state index contributed by atoms with van der Waals surface area (Å²) in [5, 5.41) is 8.39. The number of hydrogen-bond acceptors (Lipinski definition) is 2. The molecule has 66 valence electrons. The molecule has 0 saturated carbocycles. The van der Waals surface area contributed by atoms with Gasteiger partial charge in [-0.1, -0.05) is 6.08 Å². The lowest BCUT2D eigenvalue weighted by Crippen LogP contribution is -2.13. The van der Waals surface area contributed by atoms with Crippen molar-refractivity contribution in [1.29, 1.82) is 0 Å².